The minimum Gasteiger partial charge on any atom is -0.483 e. The molecule has 0 unspecified atom stereocenters. The lowest BCUT2D eigenvalue weighted by Gasteiger charge is -2.12. The molecule has 1 N–H and O–H groups in total. The number of nitrogens with one attached hydrogen (secondary N) is 1. The molecule has 0 aliphatic heterocycles. The third-order valence-electron chi connectivity index (χ3n) is 4.46. The van der Waals surface area contributed by atoms with Crippen molar-refractivity contribution in [3.05, 3.63) is 84.9 Å². The number of ether oxygens (including phenoxy) is 1. The summed E-state index contributed by atoms with van der Waals surface area (Å²) in [4.78, 5) is 18.2. The van der Waals surface area contributed by atoms with Crippen LogP contribution in [0.1, 0.15) is 0 Å². The van der Waals surface area contributed by atoms with Crippen LogP contribution < -0.4 is 10.1 Å². The Bertz CT molecular complexity index is 1150. The van der Waals surface area contributed by atoms with E-state index in [4.69, 9.17) is 9.72 Å². The fourth-order valence-corrected chi connectivity index (χ4v) is 3.52. The van der Waals surface area contributed by atoms with Crippen molar-refractivity contribution in [2.24, 2.45) is 0 Å². The highest BCUT2D eigenvalue weighted by molar-refractivity contribution is 7.98. The van der Waals surface area contributed by atoms with Crippen LogP contribution in [-0.2, 0) is 4.79 Å². The normalized spacial score (nSPS) is 10.7. The van der Waals surface area contributed by atoms with Crippen molar-refractivity contribution >= 4 is 34.3 Å². The van der Waals surface area contributed by atoms with Gasteiger partial charge >= 0.3 is 0 Å². The van der Waals surface area contributed by atoms with Gasteiger partial charge in [0.05, 0.1) is 11.2 Å². The van der Waals surface area contributed by atoms with E-state index >= 15 is 0 Å². The van der Waals surface area contributed by atoms with Crippen LogP contribution in [0, 0.1) is 0 Å². The Hall–Kier alpha value is -3.31. The predicted molar refractivity (Wildman–Crippen MR) is 120 cm³/mol. The maximum atomic E-state index is 12.4. The van der Waals surface area contributed by atoms with Crippen molar-refractivity contribution in [3.8, 4) is 17.0 Å². The fraction of sp³-hybridized carbons (Fsp3) is 0.0833. The molecule has 0 radical (unpaired) electrons. The zero-order chi connectivity index (χ0) is 20.1. The number of rotatable bonds is 6. The summed E-state index contributed by atoms with van der Waals surface area (Å²) < 4.78 is 5.91. The lowest BCUT2D eigenvalue weighted by molar-refractivity contribution is -0.118. The van der Waals surface area contributed by atoms with Gasteiger partial charge in [-0.3, -0.25) is 4.79 Å². The van der Waals surface area contributed by atoms with Gasteiger partial charge in [-0.05, 0) is 36.6 Å². The van der Waals surface area contributed by atoms with E-state index in [1.807, 2.05) is 91.2 Å². The first kappa shape index (κ1) is 19.0. The van der Waals surface area contributed by atoms with Gasteiger partial charge < -0.3 is 10.1 Å². The summed E-state index contributed by atoms with van der Waals surface area (Å²) >= 11 is 1.63. The highest BCUT2D eigenvalue weighted by atomic mass is 32.2. The first-order valence-electron chi connectivity index (χ1n) is 9.25. The van der Waals surface area contributed by atoms with Gasteiger partial charge in [0.2, 0.25) is 0 Å². The summed E-state index contributed by atoms with van der Waals surface area (Å²) in [6, 6.07) is 27.3. The van der Waals surface area contributed by atoms with E-state index in [1.54, 1.807) is 11.8 Å². The smallest absolute Gasteiger partial charge is 0.262 e. The highest BCUT2D eigenvalue weighted by Gasteiger charge is 2.11. The van der Waals surface area contributed by atoms with Crippen LogP contribution in [0.4, 0.5) is 5.69 Å². The largest absolute Gasteiger partial charge is 0.483 e. The van der Waals surface area contributed by atoms with Crippen molar-refractivity contribution in [1.82, 2.24) is 4.98 Å². The summed E-state index contributed by atoms with van der Waals surface area (Å²) in [5.74, 6) is 0.438. The molecule has 0 aliphatic carbocycles. The maximum Gasteiger partial charge on any atom is 0.262 e. The molecule has 4 nitrogen and oxygen atoms in total. The summed E-state index contributed by atoms with van der Waals surface area (Å²) in [6.07, 6.45) is 2.00. The number of amides is 1. The fourth-order valence-electron chi connectivity index (χ4n) is 3.06. The van der Waals surface area contributed by atoms with Crippen LogP contribution >= 0.6 is 11.8 Å². The number of fused-ring (bicyclic) bond motifs is 1. The molecular weight excluding hydrogens is 380 g/mol. The Morgan fingerprint density at radius 3 is 2.59 bits per heavy atom. The van der Waals surface area contributed by atoms with Crippen LogP contribution in [0.15, 0.2) is 89.8 Å². The van der Waals surface area contributed by atoms with E-state index in [9.17, 15) is 4.79 Å². The first-order valence-corrected chi connectivity index (χ1v) is 10.5. The van der Waals surface area contributed by atoms with Gasteiger partial charge in [-0.15, -0.1) is 11.8 Å². The standard InChI is InChI=1S/C24H20N2O2S/c1-29-19-11-7-10-18(14-19)25-24(27)16-28-23-15-22(17-8-3-2-4-9-17)26-21-13-6-5-12-20(21)23/h2-15H,16H2,1H3,(H,25,27). The van der Waals surface area contributed by atoms with Crippen molar-refractivity contribution in [1.29, 1.82) is 0 Å². The average molecular weight is 401 g/mol. The number of anilines is 1. The van der Waals surface area contributed by atoms with Crippen molar-refractivity contribution < 1.29 is 9.53 Å². The maximum absolute atomic E-state index is 12.4. The molecule has 0 fully saturated rings. The molecule has 1 amide bonds. The number of nitrogens with zero attached hydrogens (tertiary/aromatic N) is 1. The van der Waals surface area contributed by atoms with Gasteiger partial charge in [-0.1, -0.05) is 48.5 Å². The van der Waals surface area contributed by atoms with Gasteiger partial charge in [0, 0.05) is 27.6 Å². The SMILES string of the molecule is CSc1cccc(NC(=O)COc2cc(-c3ccccc3)nc3ccccc23)c1. The lowest BCUT2D eigenvalue weighted by Crippen LogP contribution is -2.20. The van der Waals surface area contributed by atoms with Crippen molar-refractivity contribution in [2.75, 3.05) is 18.2 Å². The Labute approximate surface area is 173 Å². The average Bonchev–Trinajstić information content (AvgIpc) is 2.78. The summed E-state index contributed by atoms with van der Waals surface area (Å²) in [5, 5.41) is 3.77. The molecule has 29 heavy (non-hydrogen) atoms. The number of benzene rings is 3. The number of thioether (sulfide) groups is 1. The van der Waals surface area contributed by atoms with E-state index in [0.29, 0.717) is 5.75 Å². The molecule has 1 heterocycles. The molecule has 0 saturated heterocycles. The second-order valence-electron chi connectivity index (χ2n) is 6.46. The number of aromatic nitrogens is 1. The third kappa shape index (κ3) is 4.58. The molecule has 1 aromatic heterocycles. The number of para-hydroxylation sites is 1. The molecule has 144 valence electrons. The zero-order valence-corrected chi connectivity index (χ0v) is 16.8. The monoisotopic (exact) mass is 400 g/mol. The van der Waals surface area contributed by atoms with Crippen LogP contribution in [-0.4, -0.2) is 23.8 Å². The van der Waals surface area contributed by atoms with Crippen LogP contribution in [0.5, 0.6) is 5.75 Å². The van der Waals surface area contributed by atoms with Gasteiger partial charge in [0.1, 0.15) is 5.75 Å². The minimum absolute atomic E-state index is 0.0776. The molecule has 4 aromatic rings. The predicted octanol–water partition coefficient (Wildman–Crippen LogP) is 5.64. The number of hydrogen-bond donors (Lipinski definition) is 1. The molecule has 0 bridgehead atoms. The van der Waals surface area contributed by atoms with Gasteiger partial charge in [-0.25, -0.2) is 4.98 Å². The van der Waals surface area contributed by atoms with Crippen LogP contribution in [0.3, 0.4) is 0 Å². The van der Waals surface area contributed by atoms with Crippen LogP contribution in [0.25, 0.3) is 22.2 Å². The summed E-state index contributed by atoms with van der Waals surface area (Å²) in [5.41, 5.74) is 3.40. The van der Waals surface area contributed by atoms with E-state index < -0.39 is 0 Å². The van der Waals surface area contributed by atoms with Crippen LogP contribution in [0.2, 0.25) is 0 Å². The zero-order valence-electron chi connectivity index (χ0n) is 16.0. The van der Waals surface area contributed by atoms with Crippen molar-refractivity contribution in [2.45, 2.75) is 4.90 Å². The summed E-state index contributed by atoms with van der Waals surface area (Å²) in [7, 11) is 0. The second kappa shape index (κ2) is 8.80. The Morgan fingerprint density at radius 2 is 1.76 bits per heavy atom. The molecule has 5 heteroatoms. The van der Waals surface area contributed by atoms with E-state index in [-0.39, 0.29) is 12.5 Å². The second-order valence-corrected chi connectivity index (χ2v) is 7.34. The molecule has 4 rings (SSSR count). The molecule has 3 aromatic carbocycles. The molecule has 0 aliphatic rings. The van der Waals surface area contributed by atoms with Gasteiger partial charge in [0.25, 0.3) is 5.91 Å². The van der Waals surface area contributed by atoms with Gasteiger partial charge in [-0.2, -0.15) is 0 Å². The van der Waals surface area contributed by atoms with E-state index in [1.165, 1.54) is 0 Å². The Morgan fingerprint density at radius 1 is 0.966 bits per heavy atom. The molecule has 0 saturated carbocycles. The number of carbonyl (C=O) groups excluding carboxylic acids is 1. The quantitative estimate of drug-likeness (QED) is 0.426. The molecule has 0 atom stereocenters. The minimum atomic E-state index is -0.203. The Balaban J connectivity index is 1.56. The number of hydrogen-bond acceptors (Lipinski definition) is 4. The summed E-state index contributed by atoms with van der Waals surface area (Å²) in [6.45, 7) is -0.0776. The van der Waals surface area contributed by atoms with Crippen molar-refractivity contribution in [3.63, 3.8) is 0 Å². The molecular formula is C24H20N2O2S. The first-order chi connectivity index (χ1) is 14.2. The number of carbonyl (C=O) groups is 1. The third-order valence-corrected chi connectivity index (χ3v) is 5.19. The van der Waals surface area contributed by atoms with Gasteiger partial charge in [0.15, 0.2) is 6.61 Å². The highest BCUT2D eigenvalue weighted by Crippen LogP contribution is 2.30. The topological polar surface area (TPSA) is 51.2 Å². The lowest BCUT2D eigenvalue weighted by atomic mass is 10.1. The Kier molecular flexibility index (Phi) is 5.77. The molecule has 0 spiro atoms. The van der Waals surface area contributed by atoms with E-state index in [0.717, 1.165) is 32.7 Å². The van der Waals surface area contributed by atoms with E-state index in [2.05, 4.69) is 5.32 Å². The number of pyridine rings is 1.